The summed E-state index contributed by atoms with van der Waals surface area (Å²) >= 11 is 0. The number of ether oxygens (including phenoxy) is 1. The molecule has 0 spiro atoms. The van der Waals surface area contributed by atoms with Gasteiger partial charge < -0.3 is 20.4 Å². The smallest absolute Gasteiger partial charge is 0.241 e. The second-order valence-corrected chi connectivity index (χ2v) is 8.44. The van der Waals surface area contributed by atoms with Crippen LogP contribution in [0.1, 0.15) is 48.7 Å². The number of aromatic nitrogens is 2. The van der Waals surface area contributed by atoms with Gasteiger partial charge in [-0.25, -0.2) is 4.98 Å². The Bertz CT molecular complexity index is 1050. The minimum Gasteiger partial charge on any atom is -0.490 e. The zero-order valence-electron chi connectivity index (χ0n) is 17.6. The fourth-order valence-electron chi connectivity index (χ4n) is 4.16. The maximum absolute atomic E-state index is 12.7. The van der Waals surface area contributed by atoms with Gasteiger partial charge in [0.15, 0.2) is 0 Å². The first-order valence-electron chi connectivity index (χ1n) is 11.1. The van der Waals surface area contributed by atoms with Crippen LogP contribution in [0.25, 0.3) is 11.3 Å². The number of carbonyl (C=O) groups excluding carboxylic acids is 1. The molecule has 0 radical (unpaired) electrons. The number of rotatable bonds is 7. The highest BCUT2D eigenvalue weighted by Crippen LogP contribution is 2.31. The molecule has 0 saturated heterocycles. The lowest BCUT2D eigenvalue weighted by atomic mass is 9.96. The lowest BCUT2D eigenvalue weighted by Gasteiger charge is -2.27. The molecular weight excluding hydrogens is 388 g/mol. The van der Waals surface area contributed by atoms with Crippen molar-refractivity contribution in [1.29, 1.82) is 0 Å². The maximum atomic E-state index is 12.7. The van der Waals surface area contributed by atoms with Crippen molar-refractivity contribution in [3.05, 3.63) is 71.7 Å². The molecule has 3 aromatic rings. The molecule has 1 fully saturated rings. The summed E-state index contributed by atoms with van der Waals surface area (Å²) in [5, 5.41) is 2.99. The first-order valence-corrected chi connectivity index (χ1v) is 11.1. The molecule has 5 rings (SSSR count). The van der Waals surface area contributed by atoms with E-state index in [1.54, 1.807) is 0 Å². The van der Waals surface area contributed by atoms with Crippen molar-refractivity contribution in [3.63, 3.8) is 0 Å². The highest BCUT2D eigenvalue weighted by molar-refractivity contribution is 5.83. The van der Waals surface area contributed by atoms with Crippen molar-refractivity contribution in [3.8, 4) is 17.0 Å². The number of hydrogen-bond donors (Lipinski definition) is 2. The number of nitrogens with two attached hydrogens (primary N) is 1. The molecule has 1 aliphatic carbocycles. The van der Waals surface area contributed by atoms with Crippen LogP contribution < -0.4 is 15.8 Å². The van der Waals surface area contributed by atoms with Crippen molar-refractivity contribution in [2.75, 3.05) is 0 Å². The molecule has 3 N–H and O–H groups in total. The van der Waals surface area contributed by atoms with Gasteiger partial charge in [-0.3, -0.25) is 4.79 Å². The highest BCUT2D eigenvalue weighted by atomic mass is 16.5. The van der Waals surface area contributed by atoms with Gasteiger partial charge in [-0.1, -0.05) is 30.3 Å². The summed E-state index contributed by atoms with van der Waals surface area (Å²) < 4.78 is 8.43. The molecule has 6 heteroatoms. The maximum Gasteiger partial charge on any atom is 0.241 e. The van der Waals surface area contributed by atoms with Gasteiger partial charge in [0.25, 0.3) is 0 Å². The number of fused-ring (bicyclic) bond motifs is 1. The molecule has 1 saturated carbocycles. The fraction of sp³-hybridized carbons (Fsp3) is 0.360. The van der Waals surface area contributed by atoms with E-state index in [2.05, 4.69) is 28.2 Å². The monoisotopic (exact) mass is 416 g/mol. The van der Waals surface area contributed by atoms with Crippen LogP contribution in [0, 0.1) is 0 Å². The van der Waals surface area contributed by atoms with Crippen molar-refractivity contribution < 1.29 is 9.53 Å². The molecule has 2 aromatic carbocycles. The van der Waals surface area contributed by atoms with Crippen LogP contribution in [0.15, 0.2) is 54.7 Å². The largest absolute Gasteiger partial charge is 0.490 e. The summed E-state index contributed by atoms with van der Waals surface area (Å²) in [5.74, 6) is 1.77. The van der Waals surface area contributed by atoms with Gasteiger partial charge in [0.1, 0.15) is 17.6 Å². The van der Waals surface area contributed by atoms with Crippen molar-refractivity contribution >= 4 is 5.91 Å². The predicted octanol–water partition coefficient (Wildman–Crippen LogP) is 3.74. The normalized spacial score (nSPS) is 16.4. The van der Waals surface area contributed by atoms with Gasteiger partial charge in [0, 0.05) is 36.8 Å². The van der Waals surface area contributed by atoms with Crippen LogP contribution in [-0.2, 0) is 24.3 Å². The van der Waals surface area contributed by atoms with Crippen LogP contribution in [0.5, 0.6) is 5.75 Å². The van der Waals surface area contributed by atoms with Crippen LogP contribution >= 0.6 is 0 Å². The number of carbonyl (C=O) groups is 1. The summed E-state index contributed by atoms with van der Waals surface area (Å²) in [6, 6.07) is 14.9. The fourth-order valence-corrected chi connectivity index (χ4v) is 4.16. The molecule has 2 heterocycles. The van der Waals surface area contributed by atoms with Gasteiger partial charge in [-0.15, -0.1) is 0 Å². The Morgan fingerprint density at radius 3 is 2.77 bits per heavy atom. The molecular formula is C25H28N4O2. The Morgan fingerprint density at radius 2 is 2.03 bits per heavy atom. The molecule has 1 unspecified atom stereocenters. The molecule has 1 aliphatic heterocycles. The van der Waals surface area contributed by atoms with Gasteiger partial charge in [0.05, 0.1) is 11.8 Å². The molecule has 0 bridgehead atoms. The highest BCUT2D eigenvalue weighted by Gasteiger charge is 2.22. The Hall–Kier alpha value is -3.12. The second-order valence-electron chi connectivity index (χ2n) is 8.44. The minimum atomic E-state index is -0.698. The quantitative estimate of drug-likeness (QED) is 0.615. The average Bonchev–Trinajstić information content (AvgIpc) is 3.37. The summed E-state index contributed by atoms with van der Waals surface area (Å²) in [5.41, 5.74) is 9.92. The first-order chi connectivity index (χ1) is 15.2. The van der Waals surface area contributed by atoms with Crippen molar-refractivity contribution in [1.82, 2.24) is 14.9 Å². The van der Waals surface area contributed by atoms with Gasteiger partial charge in [-0.05, 0) is 49.4 Å². The lowest BCUT2D eigenvalue weighted by molar-refractivity contribution is -0.122. The number of hydrogen-bond acceptors (Lipinski definition) is 4. The van der Waals surface area contributed by atoms with Gasteiger partial charge >= 0.3 is 0 Å². The molecule has 1 aromatic heterocycles. The van der Waals surface area contributed by atoms with E-state index in [1.807, 2.05) is 36.4 Å². The zero-order chi connectivity index (χ0) is 21.2. The predicted molar refractivity (Wildman–Crippen MR) is 119 cm³/mol. The van der Waals surface area contributed by atoms with Crippen molar-refractivity contribution in [2.24, 2.45) is 5.73 Å². The van der Waals surface area contributed by atoms with E-state index in [4.69, 9.17) is 15.5 Å². The number of aryl methyl sites for hydroxylation is 2. The summed E-state index contributed by atoms with van der Waals surface area (Å²) in [6.07, 6.45) is 7.96. The number of imidazole rings is 1. The number of benzene rings is 2. The van der Waals surface area contributed by atoms with Crippen LogP contribution in [0.2, 0.25) is 0 Å². The van der Waals surface area contributed by atoms with Gasteiger partial charge in [0.2, 0.25) is 5.91 Å². The average molecular weight is 417 g/mol. The molecule has 31 heavy (non-hydrogen) atoms. The molecule has 160 valence electrons. The van der Waals surface area contributed by atoms with E-state index in [-0.39, 0.29) is 12.0 Å². The standard InChI is InChI=1S/C25H28N4O2/c26-24(17-6-2-1-3-7-17)25(30)27-15-19-14-18(11-12-22(19)31-20-8-4-9-20)21-16-29-13-5-10-23(29)28-21/h1-3,6-7,11-12,14,16,20,24H,4-5,8-10,13,15,26H2,(H,27,30). The van der Waals surface area contributed by atoms with Crippen LogP contribution in [0.3, 0.4) is 0 Å². The van der Waals surface area contributed by atoms with E-state index < -0.39 is 6.04 Å². The molecule has 1 amide bonds. The van der Waals surface area contributed by atoms with E-state index >= 15 is 0 Å². The number of amides is 1. The van der Waals surface area contributed by atoms with E-state index in [0.29, 0.717) is 6.54 Å². The Balaban J connectivity index is 1.35. The van der Waals surface area contributed by atoms with E-state index in [9.17, 15) is 4.79 Å². The van der Waals surface area contributed by atoms with Crippen molar-refractivity contribution in [2.45, 2.75) is 57.3 Å². The van der Waals surface area contributed by atoms with Crippen LogP contribution in [0.4, 0.5) is 0 Å². The second kappa shape index (κ2) is 8.55. The van der Waals surface area contributed by atoms with E-state index in [1.165, 1.54) is 6.42 Å². The Labute approximate surface area is 182 Å². The minimum absolute atomic E-state index is 0.202. The summed E-state index contributed by atoms with van der Waals surface area (Å²) in [7, 11) is 0. The lowest BCUT2D eigenvalue weighted by Crippen LogP contribution is -2.34. The molecule has 1 atom stereocenters. The third kappa shape index (κ3) is 4.21. The third-order valence-corrected chi connectivity index (χ3v) is 6.25. The van der Waals surface area contributed by atoms with Gasteiger partial charge in [-0.2, -0.15) is 0 Å². The SMILES string of the molecule is NC(C(=O)NCc1cc(-c2cn3c(n2)CCC3)ccc1OC1CCC1)c1ccccc1. The molecule has 2 aliphatic rings. The summed E-state index contributed by atoms with van der Waals surface area (Å²) in [4.78, 5) is 17.5. The Kier molecular flexibility index (Phi) is 5.47. The van der Waals surface area contributed by atoms with E-state index in [0.717, 1.165) is 66.2 Å². The zero-order valence-corrected chi connectivity index (χ0v) is 17.6. The number of nitrogens with one attached hydrogen (secondary N) is 1. The first kappa shape index (κ1) is 19.8. The summed E-state index contributed by atoms with van der Waals surface area (Å²) in [6.45, 7) is 1.40. The number of nitrogens with zero attached hydrogens (tertiary/aromatic N) is 2. The Morgan fingerprint density at radius 1 is 1.19 bits per heavy atom. The topological polar surface area (TPSA) is 82.2 Å². The third-order valence-electron chi connectivity index (χ3n) is 6.25. The molecule has 6 nitrogen and oxygen atoms in total. The van der Waals surface area contributed by atoms with Crippen LogP contribution in [-0.4, -0.2) is 21.6 Å².